The van der Waals surface area contributed by atoms with Gasteiger partial charge in [0.05, 0.1) is 12.2 Å². The maximum absolute atomic E-state index is 10.9. The molecule has 0 saturated carbocycles. The van der Waals surface area contributed by atoms with Gasteiger partial charge < -0.3 is 20.5 Å². The van der Waals surface area contributed by atoms with Crippen LogP contribution in [0.3, 0.4) is 0 Å². The topological polar surface area (TPSA) is 120 Å². The number of halogens is 3. The van der Waals surface area contributed by atoms with Gasteiger partial charge in [-0.05, 0) is 26.7 Å². The van der Waals surface area contributed by atoms with E-state index in [4.69, 9.17) is 4.74 Å². The van der Waals surface area contributed by atoms with Crippen LogP contribution in [0.1, 0.15) is 50.3 Å². The fraction of sp³-hybridized carbons (Fsp3) is 0.652. The standard InChI is InChI=1S/C12H19N3O2S.C11H17N3O2S.I2.HI/c1-8-4-10(17-3)6-15(8)7-11-5-13-12(18-11)14-9(2)16;1-7-3-9(16)5-14(7)6-10-4-12-11(17-10)13-8(2)15;1-2;/h5,8,10H,4,6-7H2,1-3H3,(H,13,14,16);4,7,9,16H,3,5-6H2,1-2H3,(H,12,13,15);;1H/t8-,10+;7-,9+;;/m00../s1. The Morgan fingerprint density at radius 1 is 0.974 bits per heavy atom. The lowest BCUT2D eigenvalue weighted by atomic mass is 10.2. The van der Waals surface area contributed by atoms with Crippen molar-refractivity contribution in [2.75, 3.05) is 30.8 Å². The highest BCUT2D eigenvalue weighted by atomic mass is 128. The third kappa shape index (κ3) is 12.4. The average molecular weight is 906 g/mol. The smallest absolute Gasteiger partial charge is 0.223 e. The highest BCUT2D eigenvalue weighted by molar-refractivity contribution is 15.0. The predicted molar refractivity (Wildman–Crippen MR) is 182 cm³/mol. The van der Waals surface area contributed by atoms with Gasteiger partial charge >= 0.3 is 0 Å². The van der Waals surface area contributed by atoms with Crippen LogP contribution in [0.25, 0.3) is 0 Å². The lowest BCUT2D eigenvalue weighted by Gasteiger charge is -2.19. The number of methoxy groups -OCH3 is 1. The number of likely N-dealkylation sites (tertiary alicyclic amines) is 2. The summed E-state index contributed by atoms with van der Waals surface area (Å²) in [6.07, 6.45) is 5.65. The zero-order chi connectivity index (χ0) is 27.5. The molecule has 2 aliphatic rings. The molecule has 15 heteroatoms. The van der Waals surface area contributed by atoms with E-state index in [1.807, 2.05) is 6.20 Å². The van der Waals surface area contributed by atoms with Crippen LogP contribution in [0, 0.1) is 0 Å². The highest BCUT2D eigenvalue weighted by Gasteiger charge is 2.29. The molecule has 0 aliphatic carbocycles. The Morgan fingerprint density at radius 2 is 1.42 bits per heavy atom. The molecule has 0 aromatic carbocycles. The van der Waals surface area contributed by atoms with Crippen LogP contribution in [-0.4, -0.2) is 81.2 Å². The van der Waals surface area contributed by atoms with E-state index < -0.39 is 0 Å². The van der Waals surface area contributed by atoms with Crippen molar-refractivity contribution in [2.45, 2.75) is 77.9 Å². The van der Waals surface area contributed by atoms with Crippen LogP contribution in [0.15, 0.2) is 12.4 Å². The van der Waals surface area contributed by atoms with Gasteiger partial charge in [0.2, 0.25) is 11.8 Å². The Bertz CT molecular complexity index is 998. The van der Waals surface area contributed by atoms with Crippen molar-refractivity contribution in [1.82, 2.24) is 19.8 Å². The highest BCUT2D eigenvalue weighted by Crippen LogP contribution is 2.26. The van der Waals surface area contributed by atoms with E-state index in [2.05, 4.69) is 81.5 Å². The van der Waals surface area contributed by atoms with Crippen molar-refractivity contribution < 1.29 is 19.4 Å². The molecule has 4 atom stereocenters. The van der Waals surface area contributed by atoms with Crippen molar-refractivity contribution in [2.24, 2.45) is 0 Å². The second-order valence-corrected chi connectivity index (χ2v) is 11.4. The molecule has 0 bridgehead atoms. The zero-order valence-electron chi connectivity index (χ0n) is 22.1. The molecule has 10 nitrogen and oxygen atoms in total. The molecule has 216 valence electrons. The number of carbonyl (C=O) groups is 2. The molecule has 38 heavy (non-hydrogen) atoms. The average Bonchev–Trinajstić information content (AvgIpc) is 3.60. The Kier molecular flexibility index (Phi) is 17.8. The Morgan fingerprint density at radius 3 is 1.79 bits per heavy atom. The number of rotatable bonds is 7. The summed E-state index contributed by atoms with van der Waals surface area (Å²) in [4.78, 5) is 37.0. The largest absolute Gasteiger partial charge is 0.392 e. The van der Waals surface area contributed by atoms with Crippen LogP contribution in [0.2, 0.25) is 0 Å². The van der Waals surface area contributed by atoms with E-state index in [0.717, 1.165) is 37.4 Å². The molecule has 3 N–H and O–H groups in total. The first-order valence-corrected chi connectivity index (χ1v) is 19.8. The normalized spacial score (nSPS) is 22.9. The van der Waals surface area contributed by atoms with Gasteiger partial charge in [-0.25, -0.2) is 9.97 Å². The van der Waals surface area contributed by atoms with Crippen LogP contribution >= 0.6 is 83.9 Å². The van der Waals surface area contributed by atoms with Crippen molar-refractivity contribution in [3.05, 3.63) is 22.1 Å². The number of thiazole rings is 2. The fourth-order valence-electron chi connectivity index (χ4n) is 4.30. The first-order valence-electron chi connectivity index (χ1n) is 11.9. The van der Waals surface area contributed by atoms with Crippen molar-refractivity contribution in [3.63, 3.8) is 0 Å². The van der Waals surface area contributed by atoms with E-state index in [9.17, 15) is 14.7 Å². The SMILES string of the molecule is CC(=O)Nc1ncc(CN2C[C@H](O)C[C@@H]2C)s1.CO[C@@H]1C[C@H](C)N(Cc2cnc(NC(C)=O)s2)C1.I.II. The second kappa shape index (κ2) is 18.6. The summed E-state index contributed by atoms with van der Waals surface area (Å²) >= 11 is 7.26. The molecule has 2 fully saturated rings. The van der Waals surface area contributed by atoms with Gasteiger partial charge in [-0.3, -0.25) is 19.4 Å². The summed E-state index contributed by atoms with van der Waals surface area (Å²) in [5.41, 5.74) is 0. The number of nitrogens with one attached hydrogen (secondary N) is 2. The number of hydrogen-bond donors (Lipinski definition) is 3. The molecule has 0 unspecified atom stereocenters. The number of hydrogen-bond acceptors (Lipinski definition) is 10. The molecule has 0 spiro atoms. The molecule has 2 aromatic rings. The minimum atomic E-state index is -0.215. The summed E-state index contributed by atoms with van der Waals surface area (Å²) in [6.45, 7) is 10.6. The van der Waals surface area contributed by atoms with Crippen LogP contribution in [0.5, 0.6) is 0 Å². The quantitative estimate of drug-likeness (QED) is 0.327. The number of aliphatic hydroxyl groups excluding tert-OH is 1. The van der Waals surface area contributed by atoms with E-state index >= 15 is 0 Å². The predicted octanol–water partition coefficient (Wildman–Crippen LogP) is 5.16. The number of nitrogens with zero attached hydrogens (tertiary/aromatic N) is 4. The number of anilines is 2. The van der Waals surface area contributed by atoms with E-state index in [1.54, 1.807) is 13.3 Å². The van der Waals surface area contributed by atoms with Gasteiger partial charge in [-0.15, -0.1) is 46.7 Å². The van der Waals surface area contributed by atoms with Gasteiger partial charge in [0, 0.05) is 119 Å². The molecule has 2 aliphatic heterocycles. The molecule has 2 aromatic heterocycles. The van der Waals surface area contributed by atoms with E-state index in [1.165, 1.54) is 41.4 Å². The molecule has 2 amide bonds. The second-order valence-electron chi connectivity index (χ2n) is 9.17. The monoisotopic (exact) mass is 906 g/mol. The van der Waals surface area contributed by atoms with Crippen LogP contribution in [0.4, 0.5) is 10.3 Å². The number of aliphatic hydroxyl groups is 1. The zero-order valence-corrected chi connectivity index (χ0v) is 30.4. The summed E-state index contributed by atoms with van der Waals surface area (Å²) in [5.74, 6) is -0.180. The first kappa shape index (κ1) is 36.3. The Hall–Kier alpha value is 0.230. The van der Waals surface area contributed by atoms with Gasteiger partial charge in [0.1, 0.15) is 0 Å². The molecular weight excluding hydrogens is 869 g/mol. The van der Waals surface area contributed by atoms with Crippen LogP contribution in [-0.2, 0) is 27.4 Å². The van der Waals surface area contributed by atoms with Crippen molar-refractivity contribution in [3.8, 4) is 0 Å². The van der Waals surface area contributed by atoms with Gasteiger partial charge in [0.25, 0.3) is 0 Å². The first-order chi connectivity index (χ1) is 17.6. The summed E-state index contributed by atoms with van der Waals surface area (Å²) in [5, 5.41) is 16.3. The number of β-amino-alcohol motifs (C(OH)–C–C–N with tert-alkyl or cyclic N) is 1. The molecule has 4 heterocycles. The number of ether oxygens (including phenoxy) is 1. The van der Waals surface area contributed by atoms with Gasteiger partial charge in [0.15, 0.2) is 10.3 Å². The Labute approximate surface area is 273 Å². The fourth-order valence-corrected chi connectivity index (χ4v) is 6.07. The minimum Gasteiger partial charge on any atom is -0.392 e. The summed E-state index contributed by atoms with van der Waals surface area (Å²) < 4.78 is 5.40. The summed E-state index contributed by atoms with van der Waals surface area (Å²) in [7, 11) is 1.77. The number of aromatic nitrogens is 2. The molecule has 2 saturated heterocycles. The molecule has 0 radical (unpaired) electrons. The number of carbonyl (C=O) groups excluding carboxylic acids is 2. The lowest BCUT2D eigenvalue weighted by Crippen LogP contribution is -2.26. The lowest BCUT2D eigenvalue weighted by molar-refractivity contribution is -0.115. The third-order valence-electron chi connectivity index (χ3n) is 6.07. The molecule has 4 rings (SSSR count). The maximum Gasteiger partial charge on any atom is 0.223 e. The van der Waals surface area contributed by atoms with Crippen LogP contribution < -0.4 is 10.6 Å². The van der Waals surface area contributed by atoms with E-state index in [-0.39, 0.29) is 41.9 Å². The number of amides is 2. The molecular formula is C23H37I3N6O4S2. The minimum absolute atomic E-state index is 0. The maximum atomic E-state index is 10.9. The van der Waals surface area contributed by atoms with Gasteiger partial charge in [-0.1, -0.05) is 0 Å². The van der Waals surface area contributed by atoms with Crippen molar-refractivity contribution in [1.29, 1.82) is 0 Å². The Balaban J connectivity index is 0.000000349. The third-order valence-corrected chi connectivity index (χ3v) is 7.87. The van der Waals surface area contributed by atoms with Crippen molar-refractivity contribution >= 4 is 106 Å². The van der Waals surface area contributed by atoms with Gasteiger partial charge in [-0.2, -0.15) is 0 Å². The summed E-state index contributed by atoms with van der Waals surface area (Å²) in [6, 6.07) is 0.928. The van der Waals surface area contributed by atoms with E-state index in [0.29, 0.717) is 35.0 Å².